The van der Waals surface area contributed by atoms with Crippen LogP contribution in [0.1, 0.15) is 37.9 Å². The molecule has 0 radical (unpaired) electrons. The second kappa shape index (κ2) is 10.3. The summed E-state index contributed by atoms with van der Waals surface area (Å²) in [5.41, 5.74) is 2.15. The molecular weight excluding hydrogens is 407 g/mol. The molecule has 1 aliphatic rings. The van der Waals surface area contributed by atoms with Crippen molar-refractivity contribution in [2.24, 2.45) is 0 Å². The van der Waals surface area contributed by atoms with Gasteiger partial charge in [-0.15, -0.1) is 0 Å². The Kier molecular flexibility index (Phi) is 7.04. The summed E-state index contributed by atoms with van der Waals surface area (Å²) in [5.74, 6) is -0.809. The Morgan fingerprint density at radius 3 is 2.19 bits per heavy atom. The minimum Gasteiger partial charge on any atom is -0.379 e. The number of benzene rings is 3. The van der Waals surface area contributed by atoms with Crippen molar-refractivity contribution >= 4 is 11.7 Å². The van der Waals surface area contributed by atoms with Gasteiger partial charge in [-0.05, 0) is 23.8 Å². The summed E-state index contributed by atoms with van der Waals surface area (Å²) in [5, 5.41) is 2.99. The minimum absolute atomic E-state index is 0.125. The molecule has 0 spiro atoms. The molecule has 3 aromatic carbocycles. The maximum atomic E-state index is 13.5. The van der Waals surface area contributed by atoms with Crippen LogP contribution in [0.25, 0.3) is 0 Å². The topological polar surface area (TPSA) is 58.6 Å². The number of hydrogen-bond donors (Lipinski definition) is 1. The molecule has 0 unspecified atom stereocenters. The van der Waals surface area contributed by atoms with Gasteiger partial charge in [-0.3, -0.25) is 14.5 Å². The van der Waals surface area contributed by atoms with E-state index in [2.05, 4.69) is 10.2 Å². The Morgan fingerprint density at radius 1 is 0.875 bits per heavy atom. The second-order valence-corrected chi connectivity index (χ2v) is 7.67. The summed E-state index contributed by atoms with van der Waals surface area (Å²) in [4.78, 5) is 28.3. The van der Waals surface area contributed by atoms with Crippen LogP contribution in [0.5, 0.6) is 0 Å². The molecule has 1 N–H and O–H groups in total. The number of hydrogen-bond acceptors (Lipinski definition) is 4. The van der Waals surface area contributed by atoms with E-state index in [1.807, 2.05) is 6.07 Å². The number of nitrogens with one attached hydrogen (secondary N) is 1. The van der Waals surface area contributed by atoms with Crippen LogP contribution >= 0.6 is 0 Å². The molecule has 0 bridgehead atoms. The Balaban J connectivity index is 1.53. The Hall–Kier alpha value is -3.35. The fourth-order valence-corrected chi connectivity index (χ4v) is 3.94. The quantitative estimate of drug-likeness (QED) is 0.576. The van der Waals surface area contributed by atoms with Crippen LogP contribution in [0.3, 0.4) is 0 Å². The predicted octanol–water partition coefficient (Wildman–Crippen LogP) is 3.86. The molecule has 0 saturated carbocycles. The van der Waals surface area contributed by atoms with Crippen LogP contribution in [-0.2, 0) is 4.74 Å². The molecule has 32 heavy (non-hydrogen) atoms. The third-order valence-electron chi connectivity index (χ3n) is 5.65. The first-order chi connectivity index (χ1) is 15.6. The number of ketones is 1. The number of rotatable bonds is 7. The van der Waals surface area contributed by atoms with Gasteiger partial charge in [-0.25, -0.2) is 4.39 Å². The van der Waals surface area contributed by atoms with Crippen molar-refractivity contribution in [1.82, 2.24) is 10.2 Å². The SMILES string of the molecule is O=C(NC[C@@H](c1ccc(F)cc1)N1CCOCC1)c1ccccc1C(=O)c1ccccc1. The molecule has 3 aromatic rings. The monoisotopic (exact) mass is 432 g/mol. The first-order valence-electron chi connectivity index (χ1n) is 10.7. The van der Waals surface area contributed by atoms with E-state index in [4.69, 9.17) is 4.74 Å². The average molecular weight is 432 g/mol. The number of morpholine rings is 1. The predicted molar refractivity (Wildman–Crippen MR) is 120 cm³/mol. The molecule has 5 nitrogen and oxygen atoms in total. The van der Waals surface area contributed by atoms with Crippen molar-refractivity contribution in [2.75, 3.05) is 32.8 Å². The van der Waals surface area contributed by atoms with Gasteiger partial charge in [-0.1, -0.05) is 60.7 Å². The molecule has 1 heterocycles. The smallest absolute Gasteiger partial charge is 0.252 e. The number of nitrogens with zero attached hydrogens (tertiary/aromatic N) is 1. The molecule has 0 aromatic heterocycles. The number of carbonyl (C=O) groups excluding carboxylic acids is 2. The standard InChI is InChI=1S/C26H25FN2O3/c27-21-12-10-19(11-13-21)24(29-14-16-32-17-15-29)18-28-26(31)23-9-5-4-8-22(23)25(30)20-6-2-1-3-7-20/h1-13,24H,14-18H2,(H,28,31)/t24-/m0/s1. The molecule has 0 aliphatic carbocycles. The zero-order chi connectivity index (χ0) is 22.3. The van der Waals surface area contributed by atoms with Crippen molar-refractivity contribution in [3.05, 3.63) is 107 Å². The molecule has 4 rings (SSSR count). The number of carbonyl (C=O) groups is 2. The van der Waals surface area contributed by atoms with Crippen molar-refractivity contribution in [3.8, 4) is 0 Å². The highest BCUT2D eigenvalue weighted by atomic mass is 19.1. The molecule has 1 saturated heterocycles. The lowest BCUT2D eigenvalue weighted by Gasteiger charge is -2.35. The van der Waals surface area contributed by atoms with Gasteiger partial charge in [-0.2, -0.15) is 0 Å². The van der Waals surface area contributed by atoms with Crippen molar-refractivity contribution in [2.45, 2.75) is 6.04 Å². The maximum Gasteiger partial charge on any atom is 0.252 e. The van der Waals surface area contributed by atoms with E-state index in [-0.39, 0.29) is 23.5 Å². The van der Waals surface area contributed by atoms with E-state index in [1.165, 1.54) is 12.1 Å². The van der Waals surface area contributed by atoms with Gasteiger partial charge in [0.05, 0.1) is 24.8 Å². The summed E-state index contributed by atoms with van der Waals surface area (Å²) in [6.07, 6.45) is 0. The van der Waals surface area contributed by atoms with Gasteiger partial charge in [0.15, 0.2) is 5.78 Å². The molecular formula is C26H25FN2O3. The Morgan fingerprint density at radius 2 is 1.50 bits per heavy atom. The van der Waals surface area contributed by atoms with Crippen LogP contribution in [-0.4, -0.2) is 49.4 Å². The van der Waals surface area contributed by atoms with E-state index in [1.54, 1.807) is 60.7 Å². The minimum atomic E-state index is -0.315. The van der Waals surface area contributed by atoms with E-state index in [0.29, 0.717) is 36.4 Å². The van der Waals surface area contributed by atoms with Gasteiger partial charge in [0.25, 0.3) is 5.91 Å². The zero-order valence-corrected chi connectivity index (χ0v) is 17.7. The first kappa shape index (κ1) is 21.9. The summed E-state index contributed by atoms with van der Waals surface area (Å²) < 4.78 is 18.9. The number of amides is 1. The Labute approximate surface area is 186 Å². The zero-order valence-electron chi connectivity index (χ0n) is 17.7. The molecule has 1 amide bonds. The average Bonchev–Trinajstić information content (AvgIpc) is 2.86. The van der Waals surface area contributed by atoms with E-state index in [9.17, 15) is 14.0 Å². The summed E-state index contributed by atoms with van der Waals surface area (Å²) in [6.45, 7) is 3.00. The van der Waals surface area contributed by atoms with Crippen molar-refractivity contribution < 1.29 is 18.7 Å². The van der Waals surface area contributed by atoms with Crippen LogP contribution in [0.2, 0.25) is 0 Å². The first-order valence-corrected chi connectivity index (χ1v) is 10.7. The van der Waals surface area contributed by atoms with Gasteiger partial charge >= 0.3 is 0 Å². The molecule has 6 heteroatoms. The van der Waals surface area contributed by atoms with Crippen LogP contribution < -0.4 is 5.32 Å². The third kappa shape index (κ3) is 5.10. The lowest BCUT2D eigenvalue weighted by Crippen LogP contribution is -2.44. The van der Waals surface area contributed by atoms with Crippen LogP contribution in [0, 0.1) is 5.82 Å². The largest absolute Gasteiger partial charge is 0.379 e. The van der Waals surface area contributed by atoms with Crippen molar-refractivity contribution in [1.29, 1.82) is 0 Å². The van der Waals surface area contributed by atoms with Gasteiger partial charge in [0.2, 0.25) is 0 Å². The number of ether oxygens (including phenoxy) is 1. The molecule has 1 atom stereocenters. The highest BCUT2D eigenvalue weighted by Gasteiger charge is 2.24. The van der Waals surface area contributed by atoms with Crippen LogP contribution in [0.15, 0.2) is 78.9 Å². The summed E-state index contributed by atoms with van der Waals surface area (Å²) in [6, 6.07) is 22.0. The fraction of sp³-hybridized carbons (Fsp3) is 0.231. The Bertz CT molecular complexity index is 1060. The molecule has 164 valence electrons. The highest BCUT2D eigenvalue weighted by molar-refractivity contribution is 6.15. The van der Waals surface area contributed by atoms with E-state index >= 15 is 0 Å². The lowest BCUT2D eigenvalue weighted by molar-refractivity contribution is 0.0162. The summed E-state index contributed by atoms with van der Waals surface area (Å²) >= 11 is 0. The van der Waals surface area contributed by atoms with Crippen molar-refractivity contribution in [3.63, 3.8) is 0 Å². The second-order valence-electron chi connectivity index (χ2n) is 7.67. The number of halogens is 1. The van der Waals surface area contributed by atoms with E-state index < -0.39 is 0 Å². The normalized spacial score (nSPS) is 15.2. The summed E-state index contributed by atoms with van der Waals surface area (Å²) in [7, 11) is 0. The highest BCUT2D eigenvalue weighted by Crippen LogP contribution is 2.22. The van der Waals surface area contributed by atoms with E-state index in [0.717, 1.165) is 18.7 Å². The molecule has 1 fully saturated rings. The van der Waals surface area contributed by atoms with Gasteiger partial charge < -0.3 is 10.1 Å². The third-order valence-corrected chi connectivity index (χ3v) is 5.65. The molecule has 1 aliphatic heterocycles. The van der Waals surface area contributed by atoms with Crippen LogP contribution in [0.4, 0.5) is 4.39 Å². The maximum absolute atomic E-state index is 13.5. The lowest BCUT2D eigenvalue weighted by atomic mass is 9.97. The van der Waals surface area contributed by atoms with Gasteiger partial charge in [0.1, 0.15) is 5.82 Å². The fourth-order valence-electron chi connectivity index (χ4n) is 3.94. The van der Waals surface area contributed by atoms with Gasteiger partial charge in [0, 0.05) is 30.8 Å².